The lowest BCUT2D eigenvalue weighted by Crippen LogP contribution is -2.35. The van der Waals surface area contributed by atoms with Crippen molar-refractivity contribution in [2.45, 2.75) is 25.9 Å². The van der Waals surface area contributed by atoms with Crippen LogP contribution in [0.25, 0.3) is 22.3 Å². The number of nitrogens with zero attached hydrogens (tertiary/aromatic N) is 1. The third kappa shape index (κ3) is 6.29. The van der Waals surface area contributed by atoms with E-state index in [0.29, 0.717) is 11.3 Å². The average Bonchev–Trinajstić information content (AvgIpc) is 2.99. The molecule has 4 aromatic carbocycles. The van der Waals surface area contributed by atoms with Gasteiger partial charge in [0.15, 0.2) is 0 Å². The van der Waals surface area contributed by atoms with Crippen molar-refractivity contribution in [1.29, 1.82) is 0 Å². The number of amides is 1. The van der Waals surface area contributed by atoms with E-state index in [9.17, 15) is 4.79 Å². The van der Waals surface area contributed by atoms with Crippen LogP contribution in [-0.2, 0) is 0 Å². The molecule has 0 atom stereocenters. The highest BCUT2D eigenvalue weighted by Gasteiger charge is 2.19. The summed E-state index contributed by atoms with van der Waals surface area (Å²) in [6.45, 7) is 4.25. The lowest BCUT2D eigenvalue weighted by molar-refractivity contribution is 0.102. The van der Waals surface area contributed by atoms with Gasteiger partial charge in [-0.2, -0.15) is 0 Å². The molecule has 4 aromatic rings. The molecule has 6 heteroatoms. The van der Waals surface area contributed by atoms with E-state index in [1.54, 1.807) is 20.3 Å². The summed E-state index contributed by atoms with van der Waals surface area (Å²) in [5.41, 5.74) is 6.32. The Morgan fingerprint density at radius 1 is 0.800 bits per heavy atom. The van der Waals surface area contributed by atoms with Gasteiger partial charge in [0.1, 0.15) is 23.4 Å². The van der Waals surface area contributed by atoms with Gasteiger partial charge in [-0.25, -0.2) is 0 Å². The molecule has 5 rings (SSSR count). The van der Waals surface area contributed by atoms with Crippen molar-refractivity contribution in [2.75, 3.05) is 39.7 Å². The van der Waals surface area contributed by atoms with Gasteiger partial charge in [0.05, 0.1) is 14.2 Å². The summed E-state index contributed by atoms with van der Waals surface area (Å²) in [7, 11) is 5.41. The molecule has 206 valence electrons. The number of benzene rings is 4. The first-order chi connectivity index (χ1) is 19.4. The van der Waals surface area contributed by atoms with Gasteiger partial charge >= 0.3 is 0 Å². The quantitative estimate of drug-likeness (QED) is 0.261. The minimum atomic E-state index is -0.189. The summed E-state index contributed by atoms with van der Waals surface area (Å²) in [5, 5.41) is 3.02. The van der Waals surface area contributed by atoms with Crippen molar-refractivity contribution < 1.29 is 19.0 Å². The summed E-state index contributed by atoms with van der Waals surface area (Å²) in [6.07, 6.45) is 2.40. The predicted octanol–water partition coefficient (Wildman–Crippen LogP) is 7.07. The van der Waals surface area contributed by atoms with Crippen LogP contribution in [0.5, 0.6) is 17.2 Å². The topological polar surface area (TPSA) is 60.0 Å². The first kappa shape index (κ1) is 27.3. The first-order valence-electron chi connectivity index (χ1n) is 13.6. The average molecular weight is 537 g/mol. The number of carbonyl (C=O) groups is 1. The Hall–Kier alpha value is -4.29. The molecule has 1 aliphatic rings. The zero-order valence-electron chi connectivity index (χ0n) is 23.6. The molecule has 1 N–H and O–H groups in total. The molecule has 1 heterocycles. The molecule has 1 aliphatic heterocycles. The Bertz CT molecular complexity index is 1470. The number of piperidine rings is 1. The molecule has 0 aliphatic carbocycles. The molecular formula is C34H36N2O4. The highest BCUT2D eigenvalue weighted by molar-refractivity contribution is 6.05. The normalized spacial score (nSPS) is 14.0. The van der Waals surface area contributed by atoms with E-state index in [4.69, 9.17) is 14.2 Å². The van der Waals surface area contributed by atoms with E-state index in [1.165, 1.54) is 0 Å². The Balaban J connectivity index is 1.27. The van der Waals surface area contributed by atoms with E-state index >= 15 is 0 Å². The van der Waals surface area contributed by atoms with E-state index in [0.717, 1.165) is 70.9 Å². The van der Waals surface area contributed by atoms with Crippen molar-refractivity contribution in [3.63, 3.8) is 0 Å². The molecule has 0 saturated carbocycles. The Morgan fingerprint density at radius 3 is 2.23 bits per heavy atom. The van der Waals surface area contributed by atoms with Crippen LogP contribution >= 0.6 is 0 Å². The Labute approximate surface area is 236 Å². The van der Waals surface area contributed by atoms with Gasteiger partial charge in [-0.3, -0.25) is 4.79 Å². The van der Waals surface area contributed by atoms with Crippen LogP contribution in [-0.4, -0.2) is 51.3 Å². The van der Waals surface area contributed by atoms with Gasteiger partial charge in [0.2, 0.25) is 0 Å². The SMILES string of the molecule is COc1cccc(-c2cc(C(=O)Nc3ccc(-c4ccc(OC5CCN(C)CC5)c(C)c4)cc3)ccc2OC)c1. The summed E-state index contributed by atoms with van der Waals surface area (Å²) in [5.74, 6) is 2.19. The minimum absolute atomic E-state index is 0.189. The van der Waals surface area contributed by atoms with Gasteiger partial charge in [-0.05, 0) is 104 Å². The molecule has 1 fully saturated rings. The number of ether oxygens (including phenoxy) is 3. The second kappa shape index (κ2) is 12.3. The van der Waals surface area contributed by atoms with Crippen LogP contribution in [0, 0.1) is 6.92 Å². The number of carbonyl (C=O) groups excluding carboxylic acids is 1. The van der Waals surface area contributed by atoms with Crippen LogP contribution in [0.15, 0.2) is 84.9 Å². The van der Waals surface area contributed by atoms with Gasteiger partial charge < -0.3 is 24.4 Å². The third-order valence-electron chi connectivity index (χ3n) is 7.45. The van der Waals surface area contributed by atoms with Gasteiger partial charge in [0, 0.05) is 29.9 Å². The highest BCUT2D eigenvalue weighted by Crippen LogP contribution is 2.33. The van der Waals surface area contributed by atoms with Crippen LogP contribution in [0.2, 0.25) is 0 Å². The molecule has 0 unspecified atom stereocenters. The number of nitrogens with one attached hydrogen (secondary N) is 1. The molecule has 0 spiro atoms. The molecule has 6 nitrogen and oxygen atoms in total. The van der Waals surface area contributed by atoms with Crippen molar-refractivity contribution in [2.24, 2.45) is 0 Å². The van der Waals surface area contributed by atoms with Gasteiger partial charge in [0.25, 0.3) is 5.91 Å². The van der Waals surface area contributed by atoms with Gasteiger partial charge in [-0.15, -0.1) is 0 Å². The summed E-state index contributed by atoms with van der Waals surface area (Å²) in [4.78, 5) is 15.5. The molecular weight excluding hydrogens is 500 g/mol. The van der Waals surface area contributed by atoms with Crippen molar-refractivity contribution in [3.8, 4) is 39.5 Å². The number of methoxy groups -OCH3 is 2. The van der Waals surface area contributed by atoms with E-state index in [2.05, 4.69) is 42.4 Å². The largest absolute Gasteiger partial charge is 0.497 e. The molecule has 0 bridgehead atoms. The maximum atomic E-state index is 13.1. The molecule has 0 aromatic heterocycles. The molecule has 40 heavy (non-hydrogen) atoms. The summed E-state index contributed by atoms with van der Waals surface area (Å²) in [6, 6.07) is 27.4. The minimum Gasteiger partial charge on any atom is -0.497 e. The van der Waals surface area contributed by atoms with E-state index in [-0.39, 0.29) is 12.0 Å². The molecule has 1 amide bonds. The monoisotopic (exact) mass is 536 g/mol. The lowest BCUT2D eigenvalue weighted by Gasteiger charge is -2.29. The fraction of sp³-hybridized carbons (Fsp3) is 0.265. The fourth-order valence-electron chi connectivity index (χ4n) is 5.06. The lowest BCUT2D eigenvalue weighted by atomic mass is 10.0. The number of hydrogen-bond donors (Lipinski definition) is 1. The summed E-state index contributed by atoms with van der Waals surface area (Å²) >= 11 is 0. The number of likely N-dealkylation sites (tertiary alicyclic amines) is 1. The van der Waals surface area contributed by atoms with E-state index in [1.807, 2.05) is 60.7 Å². The van der Waals surface area contributed by atoms with Crippen LogP contribution in [0.1, 0.15) is 28.8 Å². The van der Waals surface area contributed by atoms with Crippen molar-refractivity contribution in [3.05, 3.63) is 96.1 Å². The predicted molar refractivity (Wildman–Crippen MR) is 161 cm³/mol. The zero-order chi connectivity index (χ0) is 28.1. The Kier molecular flexibility index (Phi) is 8.37. The molecule has 1 saturated heterocycles. The maximum absolute atomic E-state index is 13.1. The number of hydrogen-bond acceptors (Lipinski definition) is 5. The number of rotatable bonds is 8. The number of anilines is 1. The standard InChI is InChI=1S/C34H36N2O4/c1-23-20-25(10-14-32(23)40-29-16-18-36(2)19-17-29)24-8-12-28(13-9-24)35-34(37)27-11-15-33(39-4)31(22-27)26-6-5-7-30(21-26)38-3/h5-15,20-22,29H,16-19H2,1-4H3,(H,35,37). The first-order valence-corrected chi connectivity index (χ1v) is 13.6. The Morgan fingerprint density at radius 2 is 1.52 bits per heavy atom. The highest BCUT2D eigenvalue weighted by atomic mass is 16.5. The third-order valence-corrected chi connectivity index (χ3v) is 7.45. The van der Waals surface area contributed by atoms with Crippen molar-refractivity contribution in [1.82, 2.24) is 4.90 Å². The molecule has 0 radical (unpaired) electrons. The second-order valence-corrected chi connectivity index (χ2v) is 10.3. The smallest absolute Gasteiger partial charge is 0.255 e. The van der Waals surface area contributed by atoms with Crippen LogP contribution in [0.3, 0.4) is 0 Å². The van der Waals surface area contributed by atoms with Crippen LogP contribution in [0.4, 0.5) is 5.69 Å². The second-order valence-electron chi connectivity index (χ2n) is 10.3. The zero-order valence-corrected chi connectivity index (χ0v) is 23.6. The van der Waals surface area contributed by atoms with Gasteiger partial charge in [-0.1, -0.05) is 30.3 Å². The maximum Gasteiger partial charge on any atom is 0.255 e. The fourth-order valence-corrected chi connectivity index (χ4v) is 5.06. The van der Waals surface area contributed by atoms with Crippen LogP contribution < -0.4 is 19.5 Å². The van der Waals surface area contributed by atoms with Crippen molar-refractivity contribution >= 4 is 11.6 Å². The number of aryl methyl sites for hydroxylation is 1. The summed E-state index contributed by atoms with van der Waals surface area (Å²) < 4.78 is 17.2. The van der Waals surface area contributed by atoms with E-state index < -0.39 is 0 Å².